The number of carbonyl (C=O) groups excluding carboxylic acids is 3. The van der Waals surface area contributed by atoms with Gasteiger partial charge in [-0.05, 0) is 43.7 Å². The second-order valence-corrected chi connectivity index (χ2v) is 6.44. The van der Waals surface area contributed by atoms with Gasteiger partial charge in [0.2, 0.25) is 0 Å². The number of nitrogens with one attached hydrogen (secondary N) is 1. The largest absolute Gasteiger partial charge is 0.464 e. The van der Waals surface area contributed by atoms with Crippen molar-refractivity contribution in [3.8, 4) is 0 Å². The lowest BCUT2D eigenvalue weighted by molar-refractivity contribution is -0.156. The van der Waals surface area contributed by atoms with Crippen molar-refractivity contribution in [2.45, 2.75) is 32.2 Å². The van der Waals surface area contributed by atoms with E-state index in [9.17, 15) is 18.8 Å². The summed E-state index contributed by atoms with van der Waals surface area (Å²) in [6.07, 6.45) is 2.78. The smallest absolute Gasteiger partial charge is 0.329 e. The number of esters is 1. The van der Waals surface area contributed by atoms with Crippen LogP contribution in [0, 0.1) is 17.7 Å². The number of ether oxygens (including phenoxy) is 1. The quantitative estimate of drug-likeness (QED) is 0.669. The topological polar surface area (TPSA) is 75.7 Å². The van der Waals surface area contributed by atoms with Crippen molar-refractivity contribution in [1.29, 1.82) is 0 Å². The monoisotopic (exact) mass is 348 g/mol. The van der Waals surface area contributed by atoms with Gasteiger partial charge in [0.25, 0.3) is 0 Å². The van der Waals surface area contributed by atoms with Crippen LogP contribution in [-0.4, -0.2) is 41.9 Å². The van der Waals surface area contributed by atoms with E-state index in [0.29, 0.717) is 6.54 Å². The Labute approximate surface area is 145 Å². The van der Waals surface area contributed by atoms with Crippen molar-refractivity contribution in [2.24, 2.45) is 11.8 Å². The van der Waals surface area contributed by atoms with Gasteiger partial charge in [0.15, 0.2) is 0 Å². The van der Waals surface area contributed by atoms with Crippen LogP contribution in [0.1, 0.15) is 26.2 Å². The van der Waals surface area contributed by atoms with Crippen LogP contribution in [-0.2, 0) is 19.1 Å². The Balaban J connectivity index is 1.76. The molecule has 1 aromatic carbocycles. The van der Waals surface area contributed by atoms with Crippen LogP contribution in [0.2, 0.25) is 0 Å². The number of carbonyl (C=O) groups is 3. The highest BCUT2D eigenvalue weighted by molar-refractivity contribution is 6.40. The predicted octanol–water partition coefficient (Wildman–Crippen LogP) is 1.95. The van der Waals surface area contributed by atoms with Gasteiger partial charge < -0.3 is 15.0 Å². The highest BCUT2D eigenvalue weighted by Crippen LogP contribution is 2.42. The summed E-state index contributed by atoms with van der Waals surface area (Å²) in [4.78, 5) is 38.5. The van der Waals surface area contributed by atoms with E-state index in [2.05, 4.69) is 5.32 Å². The predicted molar refractivity (Wildman–Crippen MR) is 88.0 cm³/mol. The fourth-order valence-corrected chi connectivity index (χ4v) is 3.91. The van der Waals surface area contributed by atoms with Crippen LogP contribution >= 0.6 is 0 Å². The Hall–Kier alpha value is -2.44. The lowest BCUT2D eigenvalue weighted by atomic mass is 9.94. The van der Waals surface area contributed by atoms with Crippen molar-refractivity contribution >= 4 is 23.5 Å². The molecule has 0 bridgehead atoms. The number of rotatable bonds is 3. The third-order valence-corrected chi connectivity index (χ3v) is 5.00. The lowest BCUT2D eigenvalue weighted by Gasteiger charge is -2.25. The third-order valence-electron chi connectivity index (χ3n) is 5.00. The molecule has 1 aliphatic carbocycles. The Kier molecular flexibility index (Phi) is 5.01. The molecule has 1 aliphatic heterocycles. The van der Waals surface area contributed by atoms with E-state index in [-0.39, 0.29) is 24.1 Å². The van der Waals surface area contributed by atoms with E-state index in [1.165, 1.54) is 23.1 Å². The molecular formula is C18H21FN2O4. The van der Waals surface area contributed by atoms with Crippen LogP contribution in [0.3, 0.4) is 0 Å². The van der Waals surface area contributed by atoms with E-state index in [0.717, 1.165) is 19.3 Å². The Morgan fingerprint density at radius 1 is 1.28 bits per heavy atom. The first-order chi connectivity index (χ1) is 12.0. The molecule has 7 heteroatoms. The first-order valence-corrected chi connectivity index (χ1v) is 8.56. The van der Waals surface area contributed by atoms with Crippen LogP contribution in [0.5, 0.6) is 0 Å². The molecule has 6 nitrogen and oxygen atoms in total. The van der Waals surface area contributed by atoms with Gasteiger partial charge in [-0.25, -0.2) is 9.18 Å². The molecule has 1 saturated carbocycles. The average molecular weight is 348 g/mol. The molecule has 2 aliphatic rings. The van der Waals surface area contributed by atoms with Crippen LogP contribution in [0.4, 0.5) is 10.1 Å². The number of amides is 2. The molecule has 2 fully saturated rings. The van der Waals surface area contributed by atoms with Crippen molar-refractivity contribution in [3.05, 3.63) is 30.1 Å². The second kappa shape index (κ2) is 7.21. The molecule has 1 N–H and O–H groups in total. The Morgan fingerprint density at radius 2 is 2.04 bits per heavy atom. The lowest BCUT2D eigenvalue weighted by Crippen LogP contribution is -2.48. The van der Waals surface area contributed by atoms with Gasteiger partial charge >= 0.3 is 17.8 Å². The first kappa shape index (κ1) is 17.4. The summed E-state index contributed by atoms with van der Waals surface area (Å²) in [6, 6.07) is 4.89. The molecule has 134 valence electrons. The fourth-order valence-electron chi connectivity index (χ4n) is 3.91. The number of nitrogens with zero attached hydrogens (tertiary/aromatic N) is 1. The molecule has 1 aromatic rings. The molecule has 2 amide bonds. The van der Waals surface area contributed by atoms with Crippen LogP contribution in [0.25, 0.3) is 0 Å². The molecule has 0 spiro atoms. The highest BCUT2D eigenvalue weighted by Gasteiger charge is 2.51. The van der Waals surface area contributed by atoms with Gasteiger partial charge in [0.05, 0.1) is 12.3 Å². The zero-order valence-electron chi connectivity index (χ0n) is 14.0. The van der Waals surface area contributed by atoms with E-state index < -0.39 is 29.6 Å². The van der Waals surface area contributed by atoms with Crippen molar-refractivity contribution in [1.82, 2.24) is 4.90 Å². The molecule has 0 unspecified atom stereocenters. The molecule has 3 atom stereocenters. The normalized spacial score (nSPS) is 24.7. The van der Waals surface area contributed by atoms with E-state index >= 15 is 0 Å². The molecule has 25 heavy (non-hydrogen) atoms. The maximum atomic E-state index is 13.7. The number of likely N-dealkylation sites (tertiary alicyclic amines) is 1. The maximum Gasteiger partial charge on any atom is 0.329 e. The average Bonchev–Trinajstić information content (AvgIpc) is 3.17. The number of halogens is 1. The van der Waals surface area contributed by atoms with Crippen molar-refractivity contribution in [3.63, 3.8) is 0 Å². The van der Waals surface area contributed by atoms with Gasteiger partial charge in [-0.15, -0.1) is 0 Å². The maximum absolute atomic E-state index is 13.7. The van der Waals surface area contributed by atoms with Gasteiger partial charge in [-0.3, -0.25) is 9.59 Å². The van der Waals surface area contributed by atoms with E-state index in [1.807, 2.05) is 0 Å². The number of anilines is 1. The molecule has 0 aromatic heterocycles. The minimum Gasteiger partial charge on any atom is -0.464 e. The highest BCUT2D eigenvalue weighted by atomic mass is 19.1. The molecule has 3 rings (SSSR count). The van der Waals surface area contributed by atoms with Crippen LogP contribution in [0.15, 0.2) is 24.3 Å². The standard InChI is InChI=1S/C18H21FN2O4/c1-2-25-18(24)15-12-7-5-6-11(12)10-21(15)17(23)16(22)20-14-9-4-3-8-13(14)19/h3-4,8-9,11-12,15H,2,5-7,10H2,1H3,(H,20,22)/t11-,12-,15-/m0/s1. The van der Waals surface area contributed by atoms with E-state index in [1.54, 1.807) is 13.0 Å². The summed E-state index contributed by atoms with van der Waals surface area (Å²) in [5.74, 6) is -2.62. The molecule has 1 heterocycles. The fraction of sp³-hybridized carbons (Fsp3) is 0.500. The molecule has 1 saturated heterocycles. The summed E-state index contributed by atoms with van der Waals surface area (Å²) in [6.45, 7) is 2.28. The Morgan fingerprint density at radius 3 is 2.76 bits per heavy atom. The first-order valence-electron chi connectivity index (χ1n) is 8.56. The number of fused-ring (bicyclic) bond motifs is 1. The summed E-state index contributed by atoms with van der Waals surface area (Å²) in [7, 11) is 0. The summed E-state index contributed by atoms with van der Waals surface area (Å²) in [5, 5.41) is 2.29. The van der Waals surface area contributed by atoms with Crippen molar-refractivity contribution in [2.75, 3.05) is 18.5 Å². The van der Waals surface area contributed by atoms with Gasteiger partial charge in [0.1, 0.15) is 11.9 Å². The minimum absolute atomic E-state index is 0.0317. The Bertz CT molecular complexity index is 693. The number of hydrogen-bond acceptors (Lipinski definition) is 4. The minimum atomic E-state index is -0.945. The zero-order valence-corrected chi connectivity index (χ0v) is 14.0. The summed E-state index contributed by atoms with van der Waals surface area (Å²) < 4.78 is 18.8. The number of para-hydroxylation sites is 1. The SMILES string of the molecule is CCOC(=O)[C@@H]1[C@H]2CCC[C@H]2CN1C(=O)C(=O)Nc1ccccc1F. The molecule has 0 radical (unpaired) electrons. The summed E-state index contributed by atoms with van der Waals surface area (Å²) in [5.41, 5.74) is -0.0621. The van der Waals surface area contributed by atoms with Gasteiger partial charge in [-0.1, -0.05) is 18.6 Å². The van der Waals surface area contributed by atoms with Gasteiger partial charge in [-0.2, -0.15) is 0 Å². The van der Waals surface area contributed by atoms with Crippen molar-refractivity contribution < 1.29 is 23.5 Å². The summed E-state index contributed by atoms with van der Waals surface area (Å²) >= 11 is 0. The van der Waals surface area contributed by atoms with E-state index in [4.69, 9.17) is 4.74 Å². The number of benzene rings is 1. The zero-order chi connectivity index (χ0) is 18.0. The van der Waals surface area contributed by atoms with Gasteiger partial charge in [0, 0.05) is 6.54 Å². The third kappa shape index (κ3) is 3.36. The second-order valence-electron chi connectivity index (χ2n) is 6.44. The number of hydrogen-bond donors (Lipinski definition) is 1. The van der Waals surface area contributed by atoms with Crippen LogP contribution < -0.4 is 5.32 Å². The molecular weight excluding hydrogens is 327 g/mol.